The van der Waals surface area contributed by atoms with E-state index in [0.29, 0.717) is 26.2 Å². The first-order valence-electron chi connectivity index (χ1n) is 7.81. The van der Waals surface area contributed by atoms with Crippen LogP contribution in [0.25, 0.3) is 0 Å². The molecule has 0 unspecified atom stereocenters. The number of nitrogens with one attached hydrogen (secondary N) is 1. The van der Waals surface area contributed by atoms with Gasteiger partial charge in [-0.25, -0.2) is 0 Å². The number of nitrogens with zero attached hydrogens (tertiary/aromatic N) is 1. The molecule has 1 fully saturated rings. The molecule has 0 spiro atoms. The minimum atomic E-state index is -0.155. The van der Waals surface area contributed by atoms with Gasteiger partial charge in [-0.15, -0.1) is 0 Å². The van der Waals surface area contributed by atoms with E-state index in [0.717, 1.165) is 21.5 Å². The number of ether oxygens (including phenoxy) is 3. The first kappa shape index (κ1) is 17.0. The van der Waals surface area contributed by atoms with E-state index in [1.165, 1.54) is 0 Å². The van der Waals surface area contributed by atoms with Crippen LogP contribution >= 0.6 is 15.9 Å². The highest BCUT2D eigenvalue weighted by atomic mass is 79.9. The molecule has 1 heterocycles. The standard InChI is InChI=1S/C18H19BrN2O3/c19-15-6-7-17(22-9-8-18-23-10-11-24-18)14(12-15)13-20-21-16-4-2-1-3-5-16/h1-7,12-13,18,21H,8-11H2. The van der Waals surface area contributed by atoms with E-state index in [9.17, 15) is 0 Å². The number of hydrogen-bond acceptors (Lipinski definition) is 5. The highest BCUT2D eigenvalue weighted by Gasteiger charge is 2.15. The summed E-state index contributed by atoms with van der Waals surface area (Å²) < 4.78 is 17.6. The van der Waals surface area contributed by atoms with E-state index >= 15 is 0 Å². The zero-order valence-electron chi connectivity index (χ0n) is 13.2. The van der Waals surface area contributed by atoms with Crippen LogP contribution < -0.4 is 10.2 Å². The van der Waals surface area contributed by atoms with Gasteiger partial charge in [0.25, 0.3) is 0 Å². The van der Waals surface area contributed by atoms with Crippen molar-refractivity contribution in [2.45, 2.75) is 12.7 Å². The maximum absolute atomic E-state index is 5.86. The van der Waals surface area contributed by atoms with Crippen molar-refractivity contribution in [3.05, 3.63) is 58.6 Å². The van der Waals surface area contributed by atoms with Crippen LogP contribution in [0.2, 0.25) is 0 Å². The lowest BCUT2D eigenvalue weighted by atomic mass is 10.2. The molecule has 0 amide bonds. The summed E-state index contributed by atoms with van der Waals surface area (Å²) in [5, 5.41) is 4.27. The quantitative estimate of drug-likeness (QED) is 0.572. The molecule has 0 aliphatic carbocycles. The van der Waals surface area contributed by atoms with Gasteiger partial charge in [-0.3, -0.25) is 5.43 Å². The van der Waals surface area contributed by atoms with Crippen molar-refractivity contribution in [2.24, 2.45) is 5.10 Å². The third kappa shape index (κ3) is 5.06. The van der Waals surface area contributed by atoms with Crippen LogP contribution in [0.4, 0.5) is 5.69 Å². The van der Waals surface area contributed by atoms with Crippen molar-refractivity contribution < 1.29 is 14.2 Å². The summed E-state index contributed by atoms with van der Waals surface area (Å²) in [5.41, 5.74) is 4.82. The second-order valence-corrected chi connectivity index (χ2v) is 6.14. The Balaban J connectivity index is 1.59. The summed E-state index contributed by atoms with van der Waals surface area (Å²) in [5.74, 6) is 0.773. The van der Waals surface area contributed by atoms with E-state index in [-0.39, 0.29) is 6.29 Å². The van der Waals surface area contributed by atoms with Gasteiger partial charge in [0.1, 0.15) is 5.75 Å². The molecule has 1 saturated heterocycles. The van der Waals surface area contributed by atoms with Crippen molar-refractivity contribution in [1.82, 2.24) is 0 Å². The SMILES string of the molecule is Brc1ccc(OCCC2OCCO2)c(C=NNc2ccccc2)c1. The number of hydrogen-bond donors (Lipinski definition) is 1. The Bertz CT molecular complexity index is 673. The molecule has 24 heavy (non-hydrogen) atoms. The maximum Gasteiger partial charge on any atom is 0.161 e. The lowest BCUT2D eigenvalue weighted by Gasteiger charge is -2.12. The second-order valence-electron chi connectivity index (χ2n) is 5.23. The van der Waals surface area contributed by atoms with Crippen molar-refractivity contribution in [2.75, 3.05) is 25.2 Å². The molecule has 5 nitrogen and oxygen atoms in total. The van der Waals surface area contributed by atoms with Crippen molar-refractivity contribution in [3.63, 3.8) is 0 Å². The maximum atomic E-state index is 5.86. The Hall–Kier alpha value is -1.89. The minimum absolute atomic E-state index is 0.155. The molecule has 6 heteroatoms. The Labute approximate surface area is 149 Å². The van der Waals surface area contributed by atoms with E-state index in [1.807, 2.05) is 48.5 Å². The zero-order valence-corrected chi connectivity index (χ0v) is 14.7. The predicted molar refractivity (Wildman–Crippen MR) is 97.6 cm³/mol. The topological polar surface area (TPSA) is 52.1 Å². The summed E-state index contributed by atoms with van der Waals surface area (Å²) in [4.78, 5) is 0. The molecule has 0 aromatic heterocycles. The molecule has 0 bridgehead atoms. The molecule has 1 N–H and O–H groups in total. The number of hydrazone groups is 1. The molecule has 0 saturated carbocycles. The van der Waals surface area contributed by atoms with Crippen LogP contribution in [0.15, 0.2) is 58.1 Å². The van der Waals surface area contributed by atoms with Gasteiger partial charge < -0.3 is 14.2 Å². The molecule has 126 valence electrons. The second kappa shape index (κ2) is 8.82. The lowest BCUT2D eigenvalue weighted by molar-refractivity contribution is -0.0531. The summed E-state index contributed by atoms with van der Waals surface area (Å²) >= 11 is 3.48. The van der Waals surface area contributed by atoms with Gasteiger partial charge in [-0.1, -0.05) is 34.1 Å². The third-order valence-corrected chi connectivity index (χ3v) is 3.94. The van der Waals surface area contributed by atoms with Crippen LogP contribution in [0.3, 0.4) is 0 Å². The fourth-order valence-corrected chi connectivity index (χ4v) is 2.66. The Morgan fingerprint density at radius 3 is 2.75 bits per heavy atom. The fraction of sp³-hybridized carbons (Fsp3) is 0.278. The van der Waals surface area contributed by atoms with E-state index in [4.69, 9.17) is 14.2 Å². The summed E-state index contributed by atoms with van der Waals surface area (Å²) in [7, 11) is 0. The Kier molecular flexibility index (Phi) is 6.23. The van der Waals surface area contributed by atoms with Crippen molar-refractivity contribution in [3.8, 4) is 5.75 Å². The Morgan fingerprint density at radius 2 is 1.96 bits per heavy atom. The largest absolute Gasteiger partial charge is 0.493 e. The first-order valence-corrected chi connectivity index (χ1v) is 8.60. The fourth-order valence-electron chi connectivity index (χ4n) is 2.28. The van der Waals surface area contributed by atoms with E-state index in [1.54, 1.807) is 6.21 Å². The number of halogens is 1. The minimum Gasteiger partial charge on any atom is -0.493 e. The van der Waals surface area contributed by atoms with Gasteiger partial charge in [0, 0.05) is 16.5 Å². The van der Waals surface area contributed by atoms with Crippen LogP contribution in [0.5, 0.6) is 5.75 Å². The van der Waals surface area contributed by atoms with Gasteiger partial charge in [0.15, 0.2) is 6.29 Å². The molecule has 1 aliphatic rings. The number of rotatable bonds is 7. The van der Waals surface area contributed by atoms with Gasteiger partial charge in [-0.2, -0.15) is 5.10 Å². The molecule has 0 radical (unpaired) electrons. The Morgan fingerprint density at radius 1 is 1.17 bits per heavy atom. The van der Waals surface area contributed by atoms with Gasteiger partial charge >= 0.3 is 0 Å². The highest BCUT2D eigenvalue weighted by molar-refractivity contribution is 9.10. The average Bonchev–Trinajstić information content (AvgIpc) is 3.11. The number of benzene rings is 2. The predicted octanol–water partition coefficient (Wildman–Crippen LogP) is 4.04. The summed E-state index contributed by atoms with van der Waals surface area (Å²) in [6.45, 7) is 1.84. The van der Waals surface area contributed by atoms with Crippen LogP contribution in [-0.4, -0.2) is 32.3 Å². The zero-order chi connectivity index (χ0) is 16.6. The molecular weight excluding hydrogens is 372 g/mol. The van der Waals surface area contributed by atoms with Gasteiger partial charge in [-0.05, 0) is 30.3 Å². The molecule has 2 aromatic rings. The normalized spacial score (nSPS) is 15.0. The van der Waals surface area contributed by atoms with Crippen molar-refractivity contribution in [1.29, 1.82) is 0 Å². The molecule has 3 rings (SSSR count). The van der Waals surface area contributed by atoms with E-state index in [2.05, 4.69) is 26.5 Å². The van der Waals surface area contributed by atoms with Crippen LogP contribution in [-0.2, 0) is 9.47 Å². The van der Waals surface area contributed by atoms with Crippen LogP contribution in [0.1, 0.15) is 12.0 Å². The smallest absolute Gasteiger partial charge is 0.161 e. The number of para-hydroxylation sites is 1. The summed E-state index contributed by atoms with van der Waals surface area (Å²) in [6, 6.07) is 15.6. The van der Waals surface area contributed by atoms with Gasteiger partial charge in [0.2, 0.25) is 0 Å². The summed E-state index contributed by atoms with van der Waals surface area (Å²) in [6.07, 6.45) is 2.29. The molecule has 0 atom stereocenters. The highest BCUT2D eigenvalue weighted by Crippen LogP contribution is 2.22. The van der Waals surface area contributed by atoms with Gasteiger partial charge in [0.05, 0.1) is 31.7 Å². The molecular formula is C18H19BrN2O3. The molecule has 2 aromatic carbocycles. The first-order chi connectivity index (χ1) is 11.8. The van der Waals surface area contributed by atoms with Crippen LogP contribution in [0, 0.1) is 0 Å². The van der Waals surface area contributed by atoms with E-state index < -0.39 is 0 Å². The van der Waals surface area contributed by atoms with Crippen molar-refractivity contribution >= 4 is 27.8 Å². The lowest BCUT2D eigenvalue weighted by Crippen LogP contribution is -2.13. The third-order valence-electron chi connectivity index (χ3n) is 3.44. The number of anilines is 1. The average molecular weight is 391 g/mol. The monoisotopic (exact) mass is 390 g/mol. The molecule has 1 aliphatic heterocycles.